The molecule has 2 aliphatic rings. The van der Waals surface area contributed by atoms with Gasteiger partial charge in [0.05, 0.1) is 5.52 Å². The largest absolute Gasteiger partial charge is 0.412 e. The topological polar surface area (TPSA) is 135 Å². The fraction of sp³-hybridized carbons (Fsp3) is 0.462. The molecule has 2 aromatic heterocycles. The van der Waals surface area contributed by atoms with Gasteiger partial charge in [-0.2, -0.15) is 13.2 Å². The van der Waals surface area contributed by atoms with Crippen LogP contribution in [0, 0.1) is 11.6 Å². The van der Waals surface area contributed by atoms with Crippen molar-refractivity contribution in [3.05, 3.63) is 64.2 Å². The molecule has 4 heterocycles. The molecule has 1 aromatic carbocycles. The number of alkyl halides is 3. The fourth-order valence-electron chi connectivity index (χ4n) is 5.63. The number of piperidine rings is 1. The third-order valence-electron chi connectivity index (χ3n) is 7.55. The zero-order valence-corrected chi connectivity index (χ0v) is 25.9. The van der Waals surface area contributed by atoms with Crippen molar-refractivity contribution >= 4 is 74.5 Å². The molecule has 2 saturated heterocycles. The van der Waals surface area contributed by atoms with E-state index in [-0.39, 0.29) is 100 Å². The van der Waals surface area contributed by atoms with Gasteiger partial charge in [0, 0.05) is 89.2 Å². The van der Waals surface area contributed by atoms with Gasteiger partial charge in [-0.25, -0.2) is 23.4 Å². The predicted octanol–water partition coefficient (Wildman–Crippen LogP) is 2.48. The molecule has 3 amide bonds. The van der Waals surface area contributed by atoms with Gasteiger partial charge in [0.15, 0.2) is 17.3 Å². The van der Waals surface area contributed by atoms with Crippen LogP contribution in [0.15, 0.2) is 41.3 Å². The fourth-order valence-corrected chi connectivity index (χ4v) is 5.63. The Morgan fingerprint density at radius 1 is 1.05 bits per heavy atom. The normalized spacial score (nSPS) is 20.1. The second-order valence-corrected chi connectivity index (χ2v) is 10.1. The van der Waals surface area contributed by atoms with Crippen LogP contribution in [0.3, 0.4) is 0 Å². The first-order valence-corrected chi connectivity index (χ1v) is 12.9. The van der Waals surface area contributed by atoms with Crippen LogP contribution < -0.4 is 11.0 Å². The van der Waals surface area contributed by atoms with E-state index in [4.69, 9.17) is 0 Å². The molecular weight excluding hydrogens is 594 g/mol. The van der Waals surface area contributed by atoms with Crippen LogP contribution >= 0.6 is 0 Å². The molecule has 2 atom stereocenters. The van der Waals surface area contributed by atoms with Gasteiger partial charge in [-0.05, 0) is 49.4 Å². The summed E-state index contributed by atoms with van der Waals surface area (Å²) < 4.78 is 69.9. The predicted molar refractivity (Wildman–Crippen MR) is 143 cm³/mol. The molecule has 16 heteroatoms. The van der Waals surface area contributed by atoms with E-state index in [2.05, 4.69) is 15.3 Å². The molecule has 0 unspecified atom stereocenters. The van der Waals surface area contributed by atoms with E-state index in [1.54, 1.807) is 22.9 Å². The average molecular weight is 624 g/mol. The first kappa shape index (κ1) is 34.1. The Morgan fingerprint density at radius 3 is 2.45 bits per heavy atom. The SMILES string of the molecule is O.O=C(N[C@@H]1CC[C@@H](c2cccc(F)c2F)CN(CC(F)(F)F)C1=O)N1CCC(n2c(=O)[nH]c3ncccc32)CC1.[K]. The van der Waals surface area contributed by atoms with Gasteiger partial charge < -0.3 is 20.6 Å². The number of fused-ring (bicyclic) bond motifs is 1. The van der Waals surface area contributed by atoms with E-state index in [0.717, 1.165) is 6.07 Å². The van der Waals surface area contributed by atoms with E-state index >= 15 is 0 Å². The summed E-state index contributed by atoms with van der Waals surface area (Å²) in [5.41, 5.74) is 0.680. The third kappa shape index (κ3) is 7.39. The minimum absolute atomic E-state index is 0. The zero-order chi connectivity index (χ0) is 28.6. The number of urea groups is 1. The number of carbonyl (C=O) groups excluding carboxylic acids is 2. The molecule has 0 aliphatic carbocycles. The molecular formula is C26H29F5KN6O4. The number of aromatic nitrogens is 3. The second-order valence-electron chi connectivity index (χ2n) is 10.1. The Balaban J connectivity index is 0.00000242. The molecule has 2 aliphatic heterocycles. The van der Waals surface area contributed by atoms with Crippen LogP contribution in [0.2, 0.25) is 0 Å². The van der Waals surface area contributed by atoms with E-state index in [1.165, 1.54) is 17.0 Å². The number of H-pyrrole nitrogens is 1. The molecule has 0 saturated carbocycles. The van der Waals surface area contributed by atoms with E-state index in [9.17, 15) is 36.3 Å². The van der Waals surface area contributed by atoms with Crippen molar-refractivity contribution < 1.29 is 37.0 Å². The quantitative estimate of drug-likeness (QED) is 0.341. The first-order chi connectivity index (χ1) is 19.0. The summed E-state index contributed by atoms with van der Waals surface area (Å²) in [5, 5.41) is 2.56. The van der Waals surface area contributed by atoms with Crippen molar-refractivity contribution in [2.24, 2.45) is 0 Å². The minimum atomic E-state index is -4.72. The second kappa shape index (κ2) is 13.9. The number of rotatable bonds is 4. The molecule has 2 fully saturated rings. The van der Waals surface area contributed by atoms with Crippen LogP contribution in [0.5, 0.6) is 0 Å². The van der Waals surface area contributed by atoms with Crippen LogP contribution in [0.25, 0.3) is 11.2 Å². The van der Waals surface area contributed by atoms with Crippen molar-refractivity contribution in [3.8, 4) is 0 Å². The van der Waals surface area contributed by atoms with Gasteiger partial charge in [0.25, 0.3) is 0 Å². The Labute approximate surface area is 279 Å². The third-order valence-corrected chi connectivity index (χ3v) is 7.55. The number of halogens is 5. The van der Waals surface area contributed by atoms with E-state index < -0.39 is 54.8 Å². The van der Waals surface area contributed by atoms with Crippen molar-refractivity contribution in [2.45, 2.75) is 49.9 Å². The van der Waals surface area contributed by atoms with E-state index in [1.807, 2.05) is 0 Å². The maximum Gasteiger partial charge on any atom is 0.406 e. The number of hydrogen-bond acceptors (Lipinski definition) is 4. The first-order valence-electron chi connectivity index (χ1n) is 12.9. The Bertz CT molecular complexity index is 1470. The van der Waals surface area contributed by atoms with Crippen LogP contribution in [-0.2, 0) is 4.79 Å². The Hall–Kier alpha value is -2.37. The molecule has 3 aromatic rings. The number of nitrogens with one attached hydrogen (secondary N) is 2. The van der Waals surface area contributed by atoms with Crippen LogP contribution in [0.4, 0.5) is 26.7 Å². The summed E-state index contributed by atoms with van der Waals surface area (Å²) in [6, 6.07) is 4.87. The minimum Gasteiger partial charge on any atom is -0.412 e. The maximum absolute atomic E-state index is 14.5. The summed E-state index contributed by atoms with van der Waals surface area (Å²) in [4.78, 5) is 47.5. The molecule has 4 N–H and O–H groups in total. The number of imidazole rings is 1. The molecule has 0 spiro atoms. The monoisotopic (exact) mass is 623 g/mol. The van der Waals surface area contributed by atoms with E-state index in [0.29, 0.717) is 28.9 Å². The Kier molecular flexibility index (Phi) is 11.3. The summed E-state index contributed by atoms with van der Waals surface area (Å²) in [6.07, 6.45) is -2.27. The van der Waals surface area contributed by atoms with Gasteiger partial charge in [-0.15, -0.1) is 0 Å². The number of nitrogens with zero attached hydrogens (tertiary/aromatic N) is 4. The number of amides is 3. The van der Waals surface area contributed by atoms with Crippen LogP contribution in [0.1, 0.15) is 43.2 Å². The number of benzene rings is 1. The Morgan fingerprint density at radius 2 is 1.76 bits per heavy atom. The molecule has 42 heavy (non-hydrogen) atoms. The molecule has 10 nitrogen and oxygen atoms in total. The molecule has 5 rings (SSSR count). The van der Waals surface area contributed by atoms with Crippen molar-refractivity contribution in [1.82, 2.24) is 29.7 Å². The van der Waals surface area contributed by atoms with Gasteiger partial charge in [-0.1, -0.05) is 12.1 Å². The van der Waals surface area contributed by atoms with Crippen molar-refractivity contribution in [1.29, 1.82) is 0 Å². The number of likely N-dealkylation sites (tertiary alicyclic amines) is 2. The summed E-state index contributed by atoms with van der Waals surface area (Å²) in [6.45, 7) is -1.55. The number of carbonyl (C=O) groups is 2. The average Bonchev–Trinajstić information content (AvgIpc) is 3.18. The van der Waals surface area contributed by atoms with Gasteiger partial charge in [0.1, 0.15) is 12.6 Å². The van der Waals surface area contributed by atoms with Gasteiger partial charge >= 0.3 is 17.9 Å². The standard InChI is InChI=1S/C26H27F5N6O3.K.H2O/c27-18-4-1-3-17(21(18)28)15-6-7-19(23(38)36(13-15)14-26(29,30)31)33-24(39)35-11-8-16(9-12-35)37-20-5-2-10-32-22(20)34-25(37)40;;/h1-5,10,15-16,19H,6-9,11-14H2,(H,33,39)(H,32,34,40);;1H2/t15-,19-;;/m1../s1. The molecule has 1 radical (unpaired) electrons. The van der Waals surface area contributed by atoms with Crippen molar-refractivity contribution in [3.63, 3.8) is 0 Å². The molecule has 0 bridgehead atoms. The maximum atomic E-state index is 14.5. The number of aromatic amines is 1. The summed E-state index contributed by atoms with van der Waals surface area (Å²) in [5.74, 6) is -4.11. The number of pyridine rings is 1. The summed E-state index contributed by atoms with van der Waals surface area (Å²) in [7, 11) is 0. The van der Waals surface area contributed by atoms with Crippen molar-refractivity contribution in [2.75, 3.05) is 26.2 Å². The smallest absolute Gasteiger partial charge is 0.406 e. The zero-order valence-electron chi connectivity index (χ0n) is 22.8. The number of hydrogen-bond donors (Lipinski definition) is 2. The van der Waals surface area contributed by atoms with Gasteiger partial charge in [-0.3, -0.25) is 14.3 Å². The van der Waals surface area contributed by atoms with Crippen LogP contribution in [-0.4, -0.2) is 132 Å². The van der Waals surface area contributed by atoms with Gasteiger partial charge in [0.2, 0.25) is 5.91 Å². The molecule has 223 valence electrons. The summed E-state index contributed by atoms with van der Waals surface area (Å²) >= 11 is 0.